The number of aromatic amines is 1. The number of imidazole rings is 1. The van der Waals surface area contributed by atoms with E-state index in [1.165, 1.54) is 53.5 Å². The molecule has 0 unspecified atom stereocenters. The number of nitrogens with two attached hydrogens (primary N) is 2. The van der Waals surface area contributed by atoms with Crippen LogP contribution >= 0.6 is 0 Å². The van der Waals surface area contributed by atoms with Crippen LogP contribution in [0.25, 0.3) is 0 Å². The van der Waals surface area contributed by atoms with E-state index in [1.807, 2.05) is 13.8 Å². The normalized spacial score (nSPS) is 16.8. The van der Waals surface area contributed by atoms with Gasteiger partial charge in [-0.15, -0.1) is 0 Å². The highest BCUT2D eigenvalue weighted by atomic mass is 16.4. The number of H-pyrrole nitrogens is 1. The number of amides is 7. The van der Waals surface area contributed by atoms with Gasteiger partial charge >= 0.3 is 5.97 Å². The van der Waals surface area contributed by atoms with Crippen molar-refractivity contribution in [2.24, 2.45) is 34.2 Å². The van der Waals surface area contributed by atoms with Gasteiger partial charge in [0.15, 0.2) is 5.96 Å². The third-order valence-corrected chi connectivity index (χ3v) is 13.0. The Bertz CT molecular complexity index is 2130. The van der Waals surface area contributed by atoms with Crippen molar-refractivity contribution >= 4 is 53.3 Å². The van der Waals surface area contributed by atoms with Gasteiger partial charge in [-0.2, -0.15) is 0 Å². The van der Waals surface area contributed by atoms with E-state index in [-0.39, 0.29) is 62.9 Å². The van der Waals surface area contributed by atoms with Gasteiger partial charge in [0.1, 0.15) is 48.0 Å². The average molecular weight is 996 g/mol. The summed E-state index contributed by atoms with van der Waals surface area (Å²) in [6.07, 6.45) is 4.83. The molecule has 1 aromatic carbocycles. The summed E-state index contributed by atoms with van der Waals surface area (Å²) >= 11 is 0. The first-order valence-corrected chi connectivity index (χ1v) is 24.3. The third-order valence-electron chi connectivity index (χ3n) is 13.0. The quantitative estimate of drug-likeness (QED) is 0.0295. The Morgan fingerprint density at radius 3 is 2.04 bits per heavy atom. The summed E-state index contributed by atoms with van der Waals surface area (Å²) in [5.41, 5.74) is 11.9. The van der Waals surface area contributed by atoms with Crippen molar-refractivity contribution in [2.45, 2.75) is 135 Å². The van der Waals surface area contributed by atoms with E-state index in [4.69, 9.17) is 11.5 Å². The number of aromatic nitrogens is 2. The van der Waals surface area contributed by atoms with Gasteiger partial charge in [-0.25, -0.2) is 9.78 Å². The second-order valence-corrected chi connectivity index (χ2v) is 18.7. The summed E-state index contributed by atoms with van der Waals surface area (Å²) in [5, 5.41) is 33.9. The molecule has 394 valence electrons. The minimum absolute atomic E-state index is 0.0325. The van der Waals surface area contributed by atoms with Crippen LogP contribution in [0, 0.1) is 17.8 Å². The summed E-state index contributed by atoms with van der Waals surface area (Å²) < 4.78 is 0. The van der Waals surface area contributed by atoms with Gasteiger partial charge in [0.05, 0.1) is 12.9 Å². The van der Waals surface area contributed by atoms with Crippen molar-refractivity contribution in [1.29, 1.82) is 0 Å². The van der Waals surface area contributed by atoms with Crippen LogP contribution in [0.2, 0.25) is 0 Å². The number of likely N-dealkylation sites (tertiary alicyclic amines) is 1. The third kappa shape index (κ3) is 17.0. The number of nitrogens with zero attached hydrogens (tertiary/aromatic N) is 5. The Balaban J connectivity index is 1.98. The number of carboxylic acids is 1. The number of benzene rings is 1. The van der Waals surface area contributed by atoms with Crippen molar-refractivity contribution < 1.29 is 48.6 Å². The average Bonchev–Trinajstić information content (AvgIpc) is 4.04. The van der Waals surface area contributed by atoms with Crippen molar-refractivity contribution in [1.82, 2.24) is 51.3 Å². The number of nitrogens with one attached hydrogen (secondary N) is 6. The first-order chi connectivity index (χ1) is 33.6. The van der Waals surface area contributed by atoms with Gasteiger partial charge in [-0.3, -0.25) is 38.6 Å². The lowest BCUT2D eigenvalue weighted by molar-refractivity contribution is -0.155. The number of phenols is 1. The summed E-state index contributed by atoms with van der Waals surface area (Å²) in [4.78, 5) is 126. The topological polar surface area (TPSA) is 340 Å². The number of carbonyl (C=O) groups excluding carboxylic acids is 7. The van der Waals surface area contributed by atoms with Crippen LogP contribution in [0.5, 0.6) is 5.75 Å². The largest absolute Gasteiger partial charge is 0.508 e. The maximum Gasteiger partial charge on any atom is 0.326 e. The van der Waals surface area contributed by atoms with E-state index < -0.39 is 101 Å². The molecule has 71 heavy (non-hydrogen) atoms. The van der Waals surface area contributed by atoms with Gasteiger partial charge in [0.2, 0.25) is 41.4 Å². The minimum atomic E-state index is -1.33. The van der Waals surface area contributed by atoms with Crippen molar-refractivity contribution in [2.75, 3.05) is 40.8 Å². The minimum Gasteiger partial charge on any atom is -0.508 e. The molecule has 0 saturated carbocycles. The molecular formula is C48H77N13O10. The SMILES string of the molecule is CC[C@H](C)[C@@H](C(=O)N[C@@H](Cc1cnc[nH]1)C(=O)N1CCC[C@H]1C(=O)N(C)[C@H](C(=O)O)[C@@H](C)CC)N(C)C(=O)[C@H](Cc1ccc(O)cc1)NC(=O)[C@@H](NC(=O)[C@H](CCCN=C(N)N)NC(=O)CNC)C(C)C. The molecule has 2 aromatic rings. The molecular weight excluding hydrogens is 919 g/mol. The van der Waals surface area contributed by atoms with Crippen LogP contribution in [0.1, 0.15) is 91.3 Å². The number of aliphatic imine (C=N–C) groups is 1. The number of hydrogen-bond donors (Lipinski definition) is 10. The van der Waals surface area contributed by atoms with Crippen LogP contribution in [-0.4, -0.2) is 171 Å². The van der Waals surface area contributed by atoms with Crippen LogP contribution in [-0.2, 0) is 51.2 Å². The Labute approximate surface area is 416 Å². The molecule has 0 bridgehead atoms. The lowest BCUT2D eigenvalue weighted by Crippen LogP contribution is -2.62. The predicted molar refractivity (Wildman–Crippen MR) is 265 cm³/mol. The van der Waals surface area contributed by atoms with Crippen LogP contribution in [0.15, 0.2) is 41.8 Å². The fourth-order valence-electron chi connectivity index (χ4n) is 8.67. The number of carboxylic acid groups (broad SMARTS) is 1. The molecule has 9 atom stereocenters. The number of rotatable bonds is 28. The molecule has 1 aliphatic rings. The molecule has 3 rings (SSSR count). The van der Waals surface area contributed by atoms with Crippen LogP contribution in [0.4, 0.5) is 0 Å². The zero-order valence-corrected chi connectivity index (χ0v) is 42.6. The summed E-state index contributed by atoms with van der Waals surface area (Å²) in [5.74, 6) is -7.08. The molecule has 23 nitrogen and oxygen atoms in total. The van der Waals surface area contributed by atoms with Gasteiger partial charge < -0.3 is 67.9 Å². The number of guanidine groups is 1. The highest BCUT2D eigenvalue weighted by Crippen LogP contribution is 2.25. The van der Waals surface area contributed by atoms with E-state index in [9.17, 15) is 48.6 Å². The first-order valence-electron chi connectivity index (χ1n) is 24.3. The highest BCUT2D eigenvalue weighted by molar-refractivity contribution is 5.98. The molecule has 1 saturated heterocycles. The highest BCUT2D eigenvalue weighted by Gasteiger charge is 2.44. The van der Waals surface area contributed by atoms with E-state index in [0.717, 1.165) is 0 Å². The smallest absolute Gasteiger partial charge is 0.326 e. The van der Waals surface area contributed by atoms with Gasteiger partial charge in [-0.05, 0) is 68.2 Å². The molecule has 1 aromatic heterocycles. The molecule has 12 N–H and O–H groups in total. The summed E-state index contributed by atoms with van der Waals surface area (Å²) in [6, 6.07) is -2.19. The number of phenolic OH excluding ortho intramolecular Hbond substituents is 1. The van der Waals surface area contributed by atoms with Crippen molar-refractivity contribution in [3.63, 3.8) is 0 Å². The van der Waals surface area contributed by atoms with Crippen molar-refractivity contribution in [3.8, 4) is 5.75 Å². The van der Waals surface area contributed by atoms with Gasteiger partial charge in [0, 0.05) is 51.9 Å². The second kappa shape index (κ2) is 28.2. The Morgan fingerprint density at radius 1 is 0.845 bits per heavy atom. The number of hydrogen-bond acceptors (Lipinski definition) is 12. The lowest BCUT2D eigenvalue weighted by atomic mass is 9.94. The molecule has 23 heteroatoms. The van der Waals surface area contributed by atoms with Crippen LogP contribution in [0.3, 0.4) is 0 Å². The Kier molecular flexibility index (Phi) is 23.2. The molecule has 0 spiro atoms. The Hall–Kier alpha value is -6.78. The number of carbonyl (C=O) groups is 8. The monoisotopic (exact) mass is 996 g/mol. The maximum atomic E-state index is 14.9. The number of aromatic hydroxyl groups is 1. The Morgan fingerprint density at radius 2 is 1.48 bits per heavy atom. The zero-order valence-electron chi connectivity index (χ0n) is 42.6. The standard InChI is InChI=1S/C48H77N13O10/c1-10-28(5)39(43(66)57-35(23-31-24-52-26-54-31)45(68)61-21-13-15-36(61)46(69)60(9)40(47(70)71)29(6)11-2)59(8)44(67)34(22-30-16-18-32(62)19-17-30)56-42(65)38(27(3)4)58-41(64)33(55-37(63)25-51-7)14-12-20-53-48(49)50/h16-19,24,26-29,33-36,38-40,51,62H,10-15,20-23,25H2,1-9H3,(H,52,54)(H,55,63)(H,56,65)(H,57,66)(H,58,64)(H,70,71)(H4,49,50,53)/t28-,29-,33-,34-,35-,36-,38-,39-,40-/m0/s1. The molecule has 1 fully saturated rings. The summed E-state index contributed by atoms with van der Waals surface area (Å²) in [6.45, 7) is 10.8. The van der Waals surface area contributed by atoms with E-state index in [0.29, 0.717) is 36.9 Å². The summed E-state index contributed by atoms with van der Waals surface area (Å²) in [7, 11) is 4.41. The van der Waals surface area contributed by atoms with Crippen molar-refractivity contribution in [3.05, 3.63) is 48.0 Å². The van der Waals surface area contributed by atoms with E-state index in [2.05, 4.69) is 41.5 Å². The fourth-order valence-corrected chi connectivity index (χ4v) is 8.67. The van der Waals surface area contributed by atoms with E-state index >= 15 is 0 Å². The first kappa shape index (κ1) is 58.5. The predicted octanol–water partition coefficient (Wildman–Crippen LogP) is -0.410. The molecule has 7 amide bonds. The molecule has 1 aliphatic heterocycles. The number of likely N-dealkylation sites (N-methyl/N-ethyl adjacent to an activating group) is 3. The molecule has 2 heterocycles. The molecule has 0 radical (unpaired) electrons. The fraction of sp³-hybridized carbons (Fsp3) is 0.625. The van der Waals surface area contributed by atoms with E-state index in [1.54, 1.807) is 46.9 Å². The number of aliphatic carboxylic acids is 1. The second-order valence-electron chi connectivity index (χ2n) is 18.7. The zero-order chi connectivity index (χ0) is 53.1. The van der Waals surface area contributed by atoms with Gasteiger partial charge in [-0.1, -0.05) is 66.5 Å². The maximum absolute atomic E-state index is 14.9. The molecule has 0 aliphatic carbocycles. The van der Waals surface area contributed by atoms with Gasteiger partial charge in [0.25, 0.3) is 0 Å². The lowest BCUT2D eigenvalue weighted by Gasteiger charge is -2.37. The van der Waals surface area contributed by atoms with Crippen LogP contribution < -0.4 is 38.1 Å².